The van der Waals surface area contributed by atoms with E-state index in [9.17, 15) is 0 Å². The van der Waals surface area contributed by atoms with Gasteiger partial charge in [0.05, 0.1) is 0 Å². The number of rotatable bonds is 1. The lowest BCUT2D eigenvalue weighted by atomic mass is 10.1. The van der Waals surface area contributed by atoms with Gasteiger partial charge < -0.3 is 5.73 Å². The number of hydrogen-bond donors (Lipinski definition) is 3. The third kappa shape index (κ3) is 1.42. The quantitative estimate of drug-likeness (QED) is 0.537. The van der Waals surface area contributed by atoms with Crippen molar-refractivity contribution < 1.29 is 0 Å². The lowest BCUT2D eigenvalue weighted by Crippen LogP contribution is -2.24. The minimum atomic E-state index is 0.450. The second kappa shape index (κ2) is 3.13. The van der Waals surface area contributed by atoms with Crippen LogP contribution in [0.2, 0.25) is 0 Å². The van der Waals surface area contributed by atoms with E-state index in [1.165, 1.54) is 5.56 Å². The van der Waals surface area contributed by atoms with Crippen LogP contribution in [0, 0.1) is 0 Å². The van der Waals surface area contributed by atoms with Gasteiger partial charge in [0.25, 0.3) is 0 Å². The molecule has 64 valence electrons. The normalized spacial score (nSPS) is 22.8. The molecule has 1 aromatic rings. The molecule has 0 aromatic heterocycles. The van der Waals surface area contributed by atoms with Crippen LogP contribution in [-0.2, 0) is 0 Å². The van der Waals surface area contributed by atoms with Crippen LogP contribution in [0.3, 0.4) is 0 Å². The van der Waals surface area contributed by atoms with Gasteiger partial charge >= 0.3 is 0 Å². The third-order valence-corrected chi connectivity index (χ3v) is 2.17. The molecule has 3 heteroatoms. The number of anilines is 1. The molecule has 1 fully saturated rings. The molecule has 0 bridgehead atoms. The summed E-state index contributed by atoms with van der Waals surface area (Å²) in [4.78, 5) is 0. The molecular weight excluding hydrogens is 150 g/mol. The summed E-state index contributed by atoms with van der Waals surface area (Å²) in [6.07, 6.45) is 1.14. The van der Waals surface area contributed by atoms with Gasteiger partial charge in [-0.2, -0.15) is 0 Å². The van der Waals surface area contributed by atoms with E-state index in [0.717, 1.165) is 18.7 Å². The maximum atomic E-state index is 5.59. The van der Waals surface area contributed by atoms with Crippen molar-refractivity contribution in [1.29, 1.82) is 0 Å². The van der Waals surface area contributed by atoms with Crippen molar-refractivity contribution in [3.63, 3.8) is 0 Å². The summed E-state index contributed by atoms with van der Waals surface area (Å²) in [5, 5.41) is 0. The SMILES string of the molecule is Nc1ccc(C2CCNN2)cc1. The highest BCUT2D eigenvalue weighted by molar-refractivity contribution is 5.40. The topological polar surface area (TPSA) is 50.1 Å². The van der Waals surface area contributed by atoms with Crippen LogP contribution in [0.4, 0.5) is 5.69 Å². The monoisotopic (exact) mass is 163 g/mol. The van der Waals surface area contributed by atoms with Gasteiger partial charge in [0.15, 0.2) is 0 Å². The van der Waals surface area contributed by atoms with E-state index in [1.807, 2.05) is 12.1 Å². The lowest BCUT2D eigenvalue weighted by Gasteiger charge is -2.09. The number of nitrogens with one attached hydrogen (secondary N) is 2. The molecule has 4 N–H and O–H groups in total. The van der Waals surface area contributed by atoms with E-state index in [0.29, 0.717) is 6.04 Å². The van der Waals surface area contributed by atoms with Gasteiger partial charge in [-0.15, -0.1) is 0 Å². The maximum absolute atomic E-state index is 5.59. The van der Waals surface area contributed by atoms with Crippen molar-refractivity contribution in [3.8, 4) is 0 Å². The van der Waals surface area contributed by atoms with Crippen LogP contribution in [0.25, 0.3) is 0 Å². The molecule has 3 nitrogen and oxygen atoms in total. The van der Waals surface area contributed by atoms with Gasteiger partial charge in [-0.3, -0.25) is 10.9 Å². The highest BCUT2D eigenvalue weighted by Crippen LogP contribution is 2.19. The van der Waals surface area contributed by atoms with E-state index in [-0.39, 0.29) is 0 Å². The molecule has 1 saturated heterocycles. The summed E-state index contributed by atoms with van der Waals surface area (Å²) in [5.74, 6) is 0. The molecule has 12 heavy (non-hydrogen) atoms. The zero-order valence-corrected chi connectivity index (χ0v) is 6.88. The van der Waals surface area contributed by atoms with Crippen molar-refractivity contribution in [2.45, 2.75) is 12.5 Å². The number of hydrazine groups is 1. The van der Waals surface area contributed by atoms with Gasteiger partial charge in [0.2, 0.25) is 0 Å². The second-order valence-electron chi connectivity index (χ2n) is 3.08. The van der Waals surface area contributed by atoms with E-state index in [1.54, 1.807) is 0 Å². The fraction of sp³-hybridized carbons (Fsp3) is 0.333. The summed E-state index contributed by atoms with van der Waals surface area (Å²) >= 11 is 0. The Balaban J connectivity index is 2.17. The van der Waals surface area contributed by atoms with Crippen molar-refractivity contribution in [1.82, 2.24) is 10.9 Å². The number of nitrogens with two attached hydrogens (primary N) is 1. The second-order valence-corrected chi connectivity index (χ2v) is 3.08. The molecule has 0 amide bonds. The van der Waals surface area contributed by atoms with Crippen molar-refractivity contribution >= 4 is 5.69 Å². The van der Waals surface area contributed by atoms with Crippen LogP contribution >= 0.6 is 0 Å². The Labute approximate surface area is 71.9 Å². The maximum Gasteiger partial charge on any atom is 0.0475 e. The average molecular weight is 163 g/mol. The minimum Gasteiger partial charge on any atom is -0.399 e. The first-order valence-electron chi connectivity index (χ1n) is 4.20. The summed E-state index contributed by atoms with van der Waals surface area (Å²) in [6, 6.07) is 8.47. The first-order chi connectivity index (χ1) is 5.86. The smallest absolute Gasteiger partial charge is 0.0475 e. The molecule has 1 aliphatic rings. The van der Waals surface area contributed by atoms with Gasteiger partial charge in [0, 0.05) is 18.3 Å². The van der Waals surface area contributed by atoms with Gasteiger partial charge in [0.1, 0.15) is 0 Å². The fourth-order valence-electron chi connectivity index (χ4n) is 1.46. The Bertz CT molecular complexity index is 249. The Morgan fingerprint density at radius 2 is 2.00 bits per heavy atom. The third-order valence-electron chi connectivity index (χ3n) is 2.17. The summed E-state index contributed by atoms with van der Waals surface area (Å²) in [7, 11) is 0. The van der Waals surface area contributed by atoms with Crippen LogP contribution in [-0.4, -0.2) is 6.54 Å². The van der Waals surface area contributed by atoms with Crippen molar-refractivity contribution in [2.24, 2.45) is 0 Å². The first-order valence-corrected chi connectivity index (χ1v) is 4.20. The van der Waals surface area contributed by atoms with Crippen LogP contribution in [0.15, 0.2) is 24.3 Å². The van der Waals surface area contributed by atoms with Gasteiger partial charge in [-0.05, 0) is 24.1 Å². The molecule has 2 rings (SSSR count). The predicted molar refractivity (Wildman–Crippen MR) is 49.4 cm³/mol. The standard InChI is InChI=1S/C9H13N3/c10-8-3-1-7(2-4-8)9-5-6-11-12-9/h1-4,9,11-12H,5-6,10H2. The Kier molecular flexibility index (Phi) is 1.98. The zero-order valence-electron chi connectivity index (χ0n) is 6.88. The van der Waals surface area contributed by atoms with Crippen LogP contribution < -0.4 is 16.6 Å². The van der Waals surface area contributed by atoms with Crippen LogP contribution in [0.5, 0.6) is 0 Å². The summed E-state index contributed by atoms with van der Waals surface area (Å²) < 4.78 is 0. The van der Waals surface area contributed by atoms with E-state index in [2.05, 4.69) is 23.0 Å². The van der Waals surface area contributed by atoms with E-state index in [4.69, 9.17) is 5.73 Å². The molecule has 1 aliphatic heterocycles. The molecule has 1 heterocycles. The molecule has 1 aromatic carbocycles. The highest BCUT2D eigenvalue weighted by atomic mass is 15.4. The molecule has 0 spiro atoms. The Hall–Kier alpha value is -1.06. The fourth-order valence-corrected chi connectivity index (χ4v) is 1.46. The number of hydrogen-bond acceptors (Lipinski definition) is 3. The zero-order chi connectivity index (χ0) is 8.39. The summed E-state index contributed by atoms with van der Waals surface area (Å²) in [6.45, 7) is 1.04. The summed E-state index contributed by atoms with van der Waals surface area (Å²) in [5.41, 5.74) is 14.0. The first kappa shape index (κ1) is 7.58. The van der Waals surface area contributed by atoms with Crippen molar-refractivity contribution in [3.05, 3.63) is 29.8 Å². The molecule has 0 saturated carbocycles. The number of nitrogen functional groups attached to an aromatic ring is 1. The Morgan fingerprint density at radius 3 is 2.58 bits per heavy atom. The number of benzene rings is 1. The molecular formula is C9H13N3. The Morgan fingerprint density at radius 1 is 1.25 bits per heavy atom. The minimum absolute atomic E-state index is 0.450. The highest BCUT2D eigenvalue weighted by Gasteiger charge is 2.14. The predicted octanol–water partition coefficient (Wildman–Crippen LogP) is 0.808. The lowest BCUT2D eigenvalue weighted by molar-refractivity contribution is 0.581. The van der Waals surface area contributed by atoms with Crippen LogP contribution in [0.1, 0.15) is 18.0 Å². The van der Waals surface area contributed by atoms with Gasteiger partial charge in [-0.25, -0.2) is 0 Å². The average Bonchev–Trinajstić information content (AvgIpc) is 2.58. The largest absolute Gasteiger partial charge is 0.399 e. The van der Waals surface area contributed by atoms with Gasteiger partial charge in [-0.1, -0.05) is 12.1 Å². The van der Waals surface area contributed by atoms with E-state index < -0.39 is 0 Å². The van der Waals surface area contributed by atoms with Crippen molar-refractivity contribution in [2.75, 3.05) is 12.3 Å². The molecule has 0 radical (unpaired) electrons. The van der Waals surface area contributed by atoms with E-state index >= 15 is 0 Å². The molecule has 1 atom stereocenters. The molecule has 0 aliphatic carbocycles. The molecule has 1 unspecified atom stereocenters.